The average molecular weight is 284 g/mol. The highest BCUT2D eigenvalue weighted by Gasteiger charge is 2.17. The highest BCUT2D eigenvalue weighted by atomic mass is 16.3. The van der Waals surface area contributed by atoms with Gasteiger partial charge < -0.3 is 14.6 Å². The zero-order valence-corrected chi connectivity index (χ0v) is 12.0. The molecule has 4 nitrogen and oxygen atoms in total. The van der Waals surface area contributed by atoms with Crippen LogP contribution in [0.4, 0.5) is 5.69 Å². The van der Waals surface area contributed by atoms with Crippen molar-refractivity contribution in [1.82, 2.24) is 4.90 Å². The number of carbonyl (C=O) groups excluding carboxylic acids is 1. The highest BCUT2D eigenvalue weighted by Crippen LogP contribution is 2.14. The van der Waals surface area contributed by atoms with E-state index in [9.17, 15) is 4.79 Å². The zero-order valence-electron chi connectivity index (χ0n) is 12.0. The number of nitrogens with one attached hydrogen (secondary N) is 1. The lowest BCUT2D eigenvalue weighted by Gasteiger charge is -2.15. The topological polar surface area (TPSA) is 45.5 Å². The Morgan fingerprint density at radius 2 is 1.86 bits per heavy atom. The van der Waals surface area contributed by atoms with Gasteiger partial charge in [0, 0.05) is 30.9 Å². The summed E-state index contributed by atoms with van der Waals surface area (Å²) in [5.74, 6) is 0.242. The number of nitrogens with zero attached hydrogens (tertiary/aromatic N) is 1. The Labute approximate surface area is 124 Å². The number of anilines is 1. The normalized spacial score (nSPS) is 14.4. The number of carbonyl (C=O) groups is 1. The predicted molar refractivity (Wildman–Crippen MR) is 82.0 cm³/mol. The maximum Gasteiger partial charge on any atom is 0.226 e. The summed E-state index contributed by atoms with van der Waals surface area (Å²) in [5, 5.41) is 3.33. The summed E-state index contributed by atoms with van der Waals surface area (Å²) < 4.78 is 5.03. The van der Waals surface area contributed by atoms with Crippen molar-refractivity contribution in [2.45, 2.75) is 25.8 Å². The Morgan fingerprint density at radius 3 is 2.52 bits per heavy atom. The Bertz CT molecular complexity index is 569. The van der Waals surface area contributed by atoms with Crippen molar-refractivity contribution in [1.29, 1.82) is 0 Å². The number of hydrogen-bond acceptors (Lipinski definition) is 3. The fraction of sp³-hybridized carbons (Fsp3) is 0.353. The molecule has 1 saturated heterocycles. The second kappa shape index (κ2) is 6.48. The first kappa shape index (κ1) is 13.7. The Hall–Kier alpha value is -2.23. The molecule has 21 heavy (non-hydrogen) atoms. The van der Waals surface area contributed by atoms with Crippen molar-refractivity contribution in [3.05, 3.63) is 54.0 Å². The Kier molecular flexibility index (Phi) is 4.24. The van der Waals surface area contributed by atoms with Crippen molar-refractivity contribution < 1.29 is 9.21 Å². The van der Waals surface area contributed by atoms with Crippen LogP contribution < -0.4 is 5.32 Å². The van der Waals surface area contributed by atoms with Crippen LogP contribution in [-0.4, -0.2) is 23.9 Å². The van der Waals surface area contributed by atoms with Gasteiger partial charge in [-0.15, -0.1) is 0 Å². The van der Waals surface area contributed by atoms with E-state index in [2.05, 4.69) is 5.32 Å². The summed E-state index contributed by atoms with van der Waals surface area (Å²) >= 11 is 0. The van der Waals surface area contributed by atoms with E-state index >= 15 is 0 Å². The van der Waals surface area contributed by atoms with Gasteiger partial charge in [-0.2, -0.15) is 0 Å². The van der Waals surface area contributed by atoms with E-state index in [1.54, 1.807) is 12.5 Å². The van der Waals surface area contributed by atoms with E-state index in [1.807, 2.05) is 35.2 Å². The van der Waals surface area contributed by atoms with Crippen LogP contribution in [0.15, 0.2) is 47.3 Å². The quantitative estimate of drug-likeness (QED) is 0.918. The van der Waals surface area contributed by atoms with Crippen LogP contribution in [0, 0.1) is 0 Å². The highest BCUT2D eigenvalue weighted by molar-refractivity contribution is 5.79. The van der Waals surface area contributed by atoms with Gasteiger partial charge in [0.05, 0.1) is 18.9 Å². The summed E-state index contributed by atoms with van der Waals surface area (Å²) in [6.45, 7) is 2.58. The van der Waals surface area contributed by atoms with Crippen LogP contribution >= 0.6 is 0 Å². The van der Waals surface area contributed by atoms with Gasteiger partial charge in [0.1, 0.15) is 0 Å². The van der Waals surface area contributed by atoms with Gasteiger partial charge in [-0.1, -0.05) is 12.1 Å². The fourth-order valence-electron chi connectivity index (χ4n) is 2.59. The molecular weight excluding hydrogens is 264 g/mol. The molecule has 1 aliphatic rings. The molecule has 1 aromatic carbocycles. The summed E-state index contributed by atoms with van der Waals surface area (Å²) in [7, 11) is 0. The lowest BCUT2D eigenvalue weighted by Crippen LogP contribution is -2.29. The van der Waals surface area contributed by atoms with Gasteiger partial charge in [-0.25, -0.2) is 0 Å². The number of benzene rings is 1. The minimum Gasteiger partial charge on any atom is -0.472 e. The second-order valence-electron chi connectivity index (χ2n) is 5.45. The first-order valence-electron chi connectivity index (χ1n) is 7.43. The van der Waals surface area contributed by atoms with Crippen molar-refractivity contribution in [2.75, 3.05) is 18.4 Å². The van der Waals surface area contributed by atoms with Crippen molar-refractivity contribution in [2.24, 2.45) is 0 Å². The van der Waals surface area contributed by atoms with Crippen molar-refractivity contribution in [3.8, 4) is 0 Å². The largest absolute Gasteiger partial charge is 0.472 e. The molecule has 2 heterocycles. The summed E-state index contributed by atoms with van der Waals surface area (Å²) in [6, 6.07) is 10.0. The third-order valence-corrected chi connectivity index (χ3v) is 3.84. The first-order chi connectivity index (χ1) is 10.3. The molecule has 1 amide bonds. The molecule has 1 aliphatic heterocycles. The number of amides is 1. The monoisotopic (exact) mass is 284 g/mol. The minimum atomic E-state index is 0.242. The molecule has 1 fully saturated rings. The van der Waals surface area contributed by atoms with Gasteiger partial charge in [0.25, 0.3) is 0 Å². The maximum absolute atomic E-state index is 12.1. The van der Waals surface area contributed by atoms with E-state index < -0.39 is 0 Å². The summed E-state index contributed by atoms with van der Waals surface area (Å²) in [5.41, 5.74) is 3.23. The molecule has 0 aliphatic carbocycles. The second-order valence-corrected chi connectivity index (χ2v) is 5.45. The molecule has 0 radical (unpaired) electrons. The Morgan fingerprint density at radius 1 is 1.10 bits per heavy atom. The molecular formula is C17H20N2O2. The van der Waals surface area contributed by atoms with Gasteiger partial charge in [-0.05, 0) is 36.6 Å². The molecule has 0 bridgehead atoms. The maximum atomic E-state index is 12.1. The predicted octanol–water partition coefficient (Wildman–Crippen LogP) is 3.06. The van der Waals surface area contributed by atoms with Gasteiger partial charge in [-0.3, -0.25) is 4.79 Å². The molecule has 110 valence electrons. The third-order valence-electron chi connectivity index (χ3n) is 3.84. The van der Waals surface area contributed by atoms with E-state index in [-0.39, 0.29) is 5.91 Å². The molecule has 1 N–H and O–H groups in total. The van der Waals surface area contributed by atoms with Crippen molar-refractivity contribution >= 4 is 11.6 Å². The molecule has 1 aromatic heterocycles. The molecule has 0 atom stereocenters. The minimum absolute atomic E-state index is 0.242. The molecule has 2 aromatic rings. The standard InChI is InChI=1S/C17H20N2O2/c20-17(19-8-1-2-9-19)11-14-3-5-16(6-4-14)18-12-15-7-10-21-13-15/h3-7,10,13,18H,1-2,8-9,11-12H2. The fourth-order valence-corrected chi connectivity index (χ4v) is 2.59. The number of hydrogen-bond donors (Lipinski definition) is 1. The molecule has 4 heteroatoms. The average Bonchev–Trinajstić information content (AvgIpc) is 3.20. The molecule has 0 saturated carbocycles. The van der Waals surface area contributed by atoms with Crippen LogP contribution in [0.3, 0.4) is 0 Å². The van der Waals surface area contributed by atoms with Gasteiger partial charge >= 0.3 is 0 Å². The summed E-state index contributed by atoms with van der Waals surface area (Å²) in [6.07, 6.45) is 6.19. The van der Waals surface area contributed by atoms with Crippen LogP contribution in [0.2, 0.25) is 0 Å². The van der Waals surface area contributed by atoms with Crippen LogP contribution in [0.25, 0.3) is 0 Å². The van der Waals surface area contributed by atoms with E-state index in [0.717, 1.165) is 49.3 Å². The smallest absolute Gasteiger partial charge is 0.226 e. The number of rotatable bonds is 5. The number of likely N-dealkylation sites (tertiary alicyclic amines) is 1. The zero-order chi connectivity index (χ0) is 14.5. The lowest BCUT2D eigenvalue weighted by molar-refractivity contribution is -0.129. The van der Waals surface area contributed by atoms with Gasteiger partial charge in [0.2, 0.25) is 5.91 Å². The molecule has 0 spiro atoms. The summed E-state index contributed by atoms with van der Waals surface area (Å²) in [4.78, 5) is 14.0. The van der Waals surface area contributed by atoms with E-state index in [4.69, 9.17) is 4.42 Å². The van der Waals surface area contributed by atoms with Crippen LogP contribution in [-0.2, 0) is 17.8 Å². The Balaban J connectivity index is 1.52. The molecule has 0 unspecified atom stereocenters. The van der Waals surface area contributed by atoms with E-state index in [0.29, 0.717) is 6.42 Å². The van der Waals surface area contributed by atoms with E-state index in [1.165, 1.54) is 0 Å². The van der Waals surface area contributed by atoms with Crippen LogP contribution in [0.5, 0.6) is 0 Å². The number of furan rings is 1. The van der Waals surface area contributed by atoms with Gasteiger partial charge in [0.15, 0.2) is 0 Å². The lowest BCUT2D eigenvalue weighted by atomic mass is 10.1. The molecule has 3 rings (SSSR count). The van der Waals surface area contributed by atoms with Crippen LogP contribution in [0.1, 0.15) is 24.0 Å². The SMILES string of the molecule is O=C(Cc1ccc(NCc2ccoc2)cc1)N1CCCC1. The first-order valence-corrected chi connectivity index (χ1v) is 7.43. The third kappa shape index (κ3) is 3.66. The van der Waals surface area contributed by atoms with Crippen molar-refractivity contribution in [3.63, 3.8) is 0 Å².